The van der Waals surface area contributed by atoms with Crippen molar-refractivity contribution in [1.29, 1.82) is 0 Å². The molecule has 3 fully saturated rings. The number of amides is 2. The minimum atomic E-state index is -0.483. The number of hydrogen-bond acceptors (Lipinski definition) is 3. The average Bonchev–Trinajstić information content (AvgIpc) is 3.31. The Kier molecular flexibility index (Phi) is 2.21. The second kappa shape index (κ2) is 3.94. The number of Topliss-reactive ketones (excluding diaryl/α,β-unsaturated/α-hetero) is 1. The third kappa shape index (κ3) is 1.35. The van der Waals surface area contributed by atoms with Crippen LogP contribution < -0.4 is 4.90 Å². The molecule has 0 N–H and O–H groups in total. The Morgan fingerprint density at radius 1 is 0.909 bits per heavy atom. The largest absolute Gasteiger partial charge is 0.299 e. The first-order chi connectivity index (χ1) is 10.7. The summed E-state index contributed by atoms with van der Waals surface area (Å²) in [6.45, 7) is 0. The lowest BCUT2D eigenvalue weighted by molar-refractivity contribution is -0.130. The van der Waals surface area contributed by atoms with Gasteiger partial charge in [-0.3, -0.25) is 19.3 Å². The Labute approximate surface area is 127 Å². The first-order valence-corrected chi connectivity index (χ1v) is 7.83. The van der Waals surface area contributed by atoms with Gasteiger partial charge in [-0.25, -0.2) is 0 Å². The second-order valence-electron chi connectivity index (χ2n) is 6.80. The highest BCUT2D eigenvalue weighted by Gasteiger charge is 2.65. The lowest BCUT2D eigenvalue weighted by atomic mass is 9.71. The number of allylic oxidation sites excluding steroid dienone is 2. The molecule has 1 heterocycles. The van der Waals surface area contributed by atoms with Crippen LogP contribution >= 0.6 is 0 Å². The topological polar surface area (TPSA) is 54.5 Å². The zero-order valence-electron chi connectivity index (χ0n) is 11.9. The van der Waals surface area contributed by atoms with Crippen LogP contribution in [0.4, 0.5) is 5.69 Å². The number of carbonyl (C=O) groups excluding carboxylic acids is 3. The second-order valence-corrected chi connectivity index (χ2v) is 6.80. The van der Waals surface area contributed by atoms with Gasteiger partial charge in [0.25, 0.3) is 0 Å². The molecule has 5 aliphatic rings. The van der Waals surface area contributed by atoms with Crippen LogP contribution in [0.2, 0.25) is 0 Å². The molecule has 1 aromatic carbocycles. The smallest absolute Gasteiger partial charge is 0.238 e. The lowest BCUT2D eigenvalue weighted by Gasteiger charge is -2.28. The van der Waals surface area contributed by atoms with E-state index in [1.807, 2.05) is 30.4 Å². The van der Waals surface area contributed by atoms with Gasteiger partial charge in [-0.1, -0.05) is 30.4 Å². The summed E-state index contributed by atoms with van der Waals surface area (Å²) in [6.07, 6.45) is 4.81. The number of anilines is 1. The van der Waals surface area contributed by atoms with E-state index in [-0.39, 0.29) is 41.3 Å². The summed E-state index contributed by atoms with van der Waals surface area (Å²) in [6, 6.07) is 9.05. The maximum atomic E-state index is 12.9. The molecule has 110 valence electrons. The van der Waals surface area contributed by atoms with Crippen LogP contribution in [-0.2, 0) is 14.4 Å². The minimum absolute atomic E-state index is 0.0582. The van der Waals surface area contributed by atoms with E-state index < -0.39 is 11.8 Å². The van der Waals surface area contributed by atoms with Crippen LogP contribution in [0.5, 0.6) is 0 Å². The number of rotatable bonds is 1. The summed E-state index contributed by atoms with van der Waals surface area (Å²) in [4.78, 5) is 39.7. The molecule has 0 aromatic heterocycles. The normalized spacial score (nSPS) is 41.5. The lowest BCUT2D eigenvalue weighted by Crippen LogP contribution is -2.35. The Hall–Kier alpha value is -2.23. The third-order valence-corrected chi connectivity index (χ3v) is 5.78. The monoisotopic (exact) mass is 293 g/mol. The molecule has 1 aliphatic heterocycles. The van der Waals surface area contributed by atoms with E-state index in [9.17, 15) is 14.4 Å². The van der Waals surface area contributed by atoms with E-state index in [4.69, 9.17) is 0 Å². The Bertz CT molecular complexity index is 738. The molecule has 2 bridgehead atoms. The van der Waals surface area contributed by atoms with Crippen LogP contribution in [0.1, 0.15) is 6.42 Å². The Morgan fingerprint density at radius 2 is 1.64 bits per heavy atom. The van der Waals surface area contributed by atoms with E-state index in [1.54, 1.807) is 12.1 Å². The first-order valence-electron chi connectivity index (χ1n) is 7.83. The van der Waals surface area contributed by atoms with Crippen LogP contribution in [-0.4, -0.2) is 17.6 Å². The number of benzene rings is 1. The molecule has 2 saturated carbocycles. The molecular weight excluding hydrogens is 278 g/mol. The van der Waals surface area contributed by atoms with Gasteiger partial charge in [0, 0.05) is 11.8 Å². The molecule has 22 heavy (non-hydrogen) atoms. The molecule has 4 nitrogen and oxygen atoms in total. The fraction of sp³-hybridized carbons (Fsp3) is 0.389. The maximum absolute atomic E-state index is 12.9. The zero-order chi connectivity index (χ0) is 15.0. The number of nitrogens with zero attached hydrogens (tertiary/aromatic N) is 1. The van der Waals surface area contributed by atoms with Crippen molar-refractivity contribution in [1.82, 2.24) is 0 Å². The van der Waals surface area contributed by atoms with Gasteiger partial charge in [0.15, 0.2) is 0 Å². The van der Waals surface area contributed by atoms with Crippen LogP contribution in [0.25, 0.3) is 0 Å². The number of para-hydroxylation sites is 1. The third-order valence-electron chi connectivity index (χ3n) is 5.78. The molecule has 6 atom stereocenters. The fourth-order valence-electron chi connectivity index (χ4n) is 4.71. The van der Waals surface area contributed by atoms with E-state index in [2.05, 4.69) is 0 Å². The molecule has 0 unspecified atom stereocenters. The van der Waals surface area contributed by atoms with E-state index in [0.717, 1.165) is 6.42 Å². The van der Waals surface area contributed by atoms with E-state index >= 15 is 0 Å². The van der Waals surface area contributed by atoms with Crippen molar-refractivity contribution in [3.63, 3.8) is 0 Å². The van der Waals surface area contributed by atoms with Gasteiger partial charge in [0.05, 0.1) is 17.5 Å². The quantitative estimate of drug-likeness (QED) is 0.586. The minimum Gasteiger partial charge on any atom is -0.299 e. The maximum Gasteiger partial charge on any atom is 0.238 e. The van der Waals surface area contributed by atoms with Gasteiger partial charge in [0.1, 0.15) is 5.78 Å². The molecule has 6 rings (SSSR count). The standard InChI is InChI=1S/C18H15NO3/c20-16-11-7-6-10(12-8-13(12)16)14-15(11)18(22)19(17(14)21)9-4-2-1-3-5-9/h1-7,10-15H,8H2/t10-,11+,12-,13+,14+,15+/m1/s1. The van der Waals surface area contributed by atoms with Crippen LogP contribution in [0, 0.1) is 35.5 Å². The average molecular weight is 293 g/mol. The van der Waals surface area contributed by atoms with Gasteiger partial charge in [-0.15, -0.1) is 0 Å². The summed E-state index contributed by atoms with van der Waals surface area (Å²) in [5, 5.41) is 0. The van der Waals surface area contributed by atoms with Gasteiger partial charge in [0.2, 0.25) is 11.8 Å². The molecule has 2 amide bonds. The molecule has 4 heteroatoms. The van der Waals surface area contributed by atoms with Crippen molar-refractivity contribution in [2.45, 2.75) is 6.42 Å². The van der Waals surface area contributed by atoms with Crippen LogP contribution in [0.15, 0.2) is 42.5 Å². The highest BCUT2D eigenvalue weighted by molar-refractivity contribution is 6.23. The summed E-state index contributed by atoms with van der Waals surface area (Å²) in [5.74, 6) is -0.958. The molecule has 1 aromatic rings. The Balaban J connectivity index is 1.62. The zero-order valence-corrected chi connectivity index (χ0v) is 11.9. The summed E-state index contributed by atoms with van der Waals surface area (Å²) in [7, 11) is 0. The number of ketones is 1. The van der Waals surface area contributed by atoms with Gasteiger partial charge < -0.3 is 0 Å². The fourth-order valence-corrected chi connectivity index (χ4v) is 4.71. The first kappa shape index (κ1) is 12.3. The summed E-state index contributed by atoms with van der Waals surface area (Å²) in [5.41, 5.74) is 0.616. The van der Waals surface area contributed by atoms with Crippen molar-refractivity contribution >= 4 is 23.3 Å². The van der Waals surface area contributed by atoms with Gasteiger partial charge >= 0.3 is 0 Å². The SMILES string of the molecule is O=C1[C@H]2C=C[C@H]([C@H]3C[C@H]13)[C@@H]1C(=O)N(c3ccccc3)C(=O)[C@H]12. The Morgan fingerprint density at radius 3 is 2.41 bits per heavy atom. The summed E-state index contributed by atoms with van der Waals surface area (Å²) < 4.78 is 0. The van der Waals surface area contributed by atoms with Gasteiger partial charge in [-0.2, -0.15) is 0 Å². The predicted molar refractivity (Wildman–Crippen MR) is 78.6 cm³/mol. The molecule has 0 spiro atoms. The van der Waals surface area contributed by atoms with Crippen LogP contribution in [0.3, 0.4) is 0 Å². The van der Waals surface area contributed by atoms with E-state index in [1.165, 1.54) is 4.90 Å². The van der Waals surface area contributed by atoms with Crippen molar-refractivity contribution in [3.05, 3.63) is 42.5 Å². The van der Waals surface area contributed by atoms with Crippen molar-refractivity contribution in [3.8, 4) is 0 Å². The molecule has 0 radical (unpaired) electrons. The predicted octanol–water partition coefficient (Wildman–Crippen LogP) is 1.81. The molecule has 1 saturated heterocycles. The number of hydrogen-bond donors (Lipinski definition) is 0. The summed E-state index contributed by atoms with van der Waals surface area (Å²) >= 11 is 0. The van der Waals surface area contributed by atoms with Crippen molar-refractivity contribution < 1.29 is 14.4 Å². The highest BCUT2D eigenvalue weighted by Crippen LogP contribution is 2.59. The number of imide groups is 1. The van der Waals surface area contributed by atoms with Crippen molar-refractivity contribution in [2.24, 2.45) is 35.5 Å². The molecule has 4 aliphatic carbocycles. The van der Waals surface area contributed by atoms with Crippen molar-refractivity contribution in [2.75, 3.05) is 4.90 Å². The number of carbonyl (C=O) groups is 3. The highest BCUT2D eigenvalue weighted by atomic mass is 16.2. The molecular formula is C18H15NO3. The van der Waals surface area contributed by atoms with E-state index in [0.29, 0.717) is 5.69 Å². The van der Waals surface area contributed by atoms with Gasteiger partial charge in [-0.05, 0) is 30.4 Å².